The quantitative estimate of drug-likeness (QED) is 0.435. The van der Waals surface area contributed by atoms with E-state index in [4.69, 9.17) is 27.1 Å². The first-order chi connectivity index (χ1) is 14.5. The first kappa shape index (κ1) is 20.2. The van der Waals surface area contributed by atoms with Gasteiger partial charge in [0.1, 0.15) is 15.5 Å². The molecule has 0 saturated heterocycles. The van der Waals surface area contributed by atoms with Crippen LogP contribution in [0, 0.1) is 0 Å². The second-order valence-corrected chi connectivity index (χ2v) is 8.20. The van der Waals surface area contributed by atoms with Crippen LogP contribution in [0.4, 0.5) is 5.69 Å². The number of hydrogen-bond donors (Lipinski definition) is 2. The van der Waals surface area contributed by atoms with E-state index < -0.39 is 0 Å². The molecule has 0 bridgehead atoms. The van der Waals surface area contributed by atoms with Crippen molar-refractivity contribution >= 4 is 44.7 Å². The Labute approximate surface area is 183 Å². The minimum absolute atomic E-state index is 0.194. The van der Waals surface area contributed by atoms with Gasteiger partial charge in [0.25, 0.3) is 5.91 Å². The normalized spacial score (nSPS) is 10.9. The van der Waals surface area contributed by atoms with Crippen LogP contribution in [-0.2, 0) is 6.42 Å². The molecule has 3 N–H and O–H groups in total. The number of halogens is 1. The number of carbonyl (C=O) groups excluding carboxylic acids is 1. The zero-order valence-corrected chi connectivity index (χ0v) is 17.9. The number of carbonyl (C=O) groups is 1. The van der Waals surface area contributed by atoms with Gasteiger partial charge in [-0.15, -0.1) is 11.3 Å². The Morgan fingerprint density at radius 3 is 2.80 bits per heavy atom. The number of methoxy groups -OCH3 is 1. The minimum atomic E-state index is -0.194. The third-order valence-corrected chi connectivity index (χ3v) is 6.10. The van der Waals surface area contributed by atoms with Gasteiger partial charge in [-0.2, -0.15) is 0 Å². The Hall–Kier alpha value is -3.09. The zero-order valence-electron chi connectivity index (χ0n) is 16.3. The molecular formula is C23H20ClN3O2S. The molecule has 4 rings (SSSR count). The van der Waals surface area contributed by atoms with E-state index >= 15 is 0 Å². The molecule has 2 heterocycles. The number of fused-ring (bicyclic) bond motifs is 1. The summed E-state index contributed by atoms with van der Waals surface area (Å²) in [6, 6.07) is 19.1. The molecule has 0 aliphatic rings. The number of amides is 1. The van der Waals surface area contributed by atoms with Crippen LogP contribution in [0.3, 0.4) is 0 Å². The van der Waals surface area contributed by atoms with Crippen LogP contribution < -0.4 is 15.8 Å². The predicted octanol–water partition coefficient (Wildman–Crippen LogP) is 5.18. The predicted molar refractivity (Wildman–Crippen MR) is 124 cm³/mol. The van der Waals surface area contributed by atoms with Gasteiger partial charge in [0.2, 0.25) is 0 Å². The van der Waals surface area contributed by atoms with E-state index in [0.717, 1.165) is 32.8 Å². The molecule has 1 amide bonds. The zero-order chi connectivity index (χ0) is 21.1. The van der Waals surface area contributed by atoms with E-state index in [0.29, 0.717) is 28.6 Å². The van der Waals surface area contributed by atoms with Crippen molar-refractivity contribution in [1.82, 2.24) is 10.3 Å². The number of hydrogen-bond acceptors (Lipinski definition) is 5. The lowest BCUT2D eigenvalue weighted by Gasteiger charge is -2.05. The second-order valence-electron chi connectivity index (χ2n) is 6.76. The van der Waals surface area contributed by atoms with Gasteiger partial charge >= 0.3 is 0 Å². The third-order valence-electron chi connectivity index (χ3n) is 4.75. The third kappa shape index (κ3) is 4.25. The summed E-state index contributed by atoms with van der Waals surface area (Å²) in [7, 11) is 1.63. The fourth-order valence-corrected chi connectivity index (χ4v) is 4.43. The highest BCUT2D eigenvalue weighted by atomic mass is 35.5. The summed E-state index contributed by atoms with van der Waals surface area (Å²) >= 11 is 7.30. The molecule has 0 aliphatic carbocycles. The Bertz CT molecular complexity index is 1220. The summed E-state index contributed by atoms with van der Waals surface area (Å²) in [5.74, 6) is 0.570. The maximum atomic E-state index is 12.7. The van der Waals surface area contributed by atoms with Gasteiger partial charge in [-0.1, -0.05) is 35.9 Å². The number of thiophene rings is 1. The average Bonchev–Trinajstić information content (AvgIpc) is 3.10. The van der Waals surface area contributed by atoms with Crippen molar-refractivity contribution in [3.63, 3.8) is 0 Å². The van der Waals surface area contributed by atoms with Crippen LogP contribution in [-0.4, -0.2) is 24.5 Å². The molecule has 5 nitrogen and oxygen atoms in total. The fraction of sp³-hybridized carbons (Fsp3) is 0.130. The molecule has 0 saturated carbocycles. The van der Waals surface area contributed by atoms with Gasteiger partial charge in [0.15, 0.2) is 0 Å². The maximum Gasteiger partial charge on any atom is 0.263 e. The maximum absolute atomic E-state index is 12.7. The van der Waals surface area contributed by atoms with Gasteiger partial charge in [0.05, 0.1) is 18.5 Å². The SMILES string of the molecule is COc1cccc(-c2ccc3c(N)c(C(=O)NCCc4cccc(Cl)c4)sc3n2)c1. The summed E-state index contributed by atoms with van der Waals surface area (Å²) in [6.07, 6.45) is 0.690. The molecule has 0 unspecified atom stereocenters. The number of rotatable bonds is 6. The van der Waals surface area contributed by atoms with Gasteiger partial charge in [0, 0.05) is 22.5 Å². The van der Waals surface area contributed by atoms with Gasteiger partial charge in [-0.3, -0.25) is 4.79 Å². The molecule has 0 aliphatic heterocycles. The van der Waals surface area contributed by atoms with E-state index in [-0.39, 0.29) is 5.91 Å². The topological polar surface area (TPSA) is 77.2 Å². The Balaban J connectivity index is 1.52. The summed E-state index contributed by atoms with van der Waals surface area (Å²) < 4.78 is 5.29. The lowest BCUT2D eigenvalue weighted by atomic mass is 10.1. The molecule has 30 heavy (non-hydrogen) atoms. The van der Waals surface area contributed by atoms with Crippen molar-refractivity contribution in [2.75, 3.05) is 19.4 Å². The first-order valence-corrected chi connectivity index (χ1v) is 10.6. The van der Waals surface area contributed by atoms with Gasteiger partial charge < -0.3 is 15.8 Å². The van der Waals surface area contributed by atoms with Crippen LogP contribution in [0.1, 0.15) is 15.2 Å². The van der Waals surface area contributed by atoms with Crippen molar-refractivity contribution in [2.45, 2.75) is 6.42 Å². The minimum Gasteiger partial charge on any atom is -0.497 e. The lowest BCUT2D eigenvalue weighted by Crippen LogP contribution is -2.25. The number of nitrogens with two attached hydrogens (primary N) is 1. The Morgan fingerprint density at radius 2 is 2.00 bits per heavy atom. The molecular weight excluding hydrogens is 418 g/mol. The molecule has 152 valence electrons. The number of aromatic nitrogens is 1. The van der Waals surface area contributed by atoms with E-state index in [2.05, 4.69) is 5.32 Å². The van der Waals surface area contributed by atoms with Gasteiger partial charge in [-0.25, -0.2) is 4.98 Å². The number of nitrogens with zero attached hydrogens (tertiary/aromatic N) is 1. The molecule has 2 aromatic heterocycles. The number of anilines is 1. The van der Waals surface area contributed by atoms with Crippen molar-refractivity contribution in [1.29, 1.82) is 0 Å². The Kier molecular flexibility index (Phi) is 5.88. The lowest BCUT2D eigenvalue weighted by molar-refractivity contribution is 0.0959. The number of pyridine rings is 1. The number of nitrogen functional groups attached to an aromatic ring is 1. The van der Waals surface area contributed by atoms with Crippen LogP contribution in [0.5, 0.6) is 5.75 Å². The van der Waals surface area contributed by atoms with E-state index in [1.807, 2.05) is 60.7 Å². The van der Waals surface area contributed by atoms with Crippen LogP contribution >= 0.6 is 22.9 Å². The van der Waals surface area contributed by atoms with Crippen LogP contribution in [0.2, 0.25) is 5.02 Å². The summed E-state index contributed by atoms with van der Waals surface area (Å²) in [6.45, 7) is 0.495. The number of ether oxygens (including phenoxy) is 1. The summed E-state index contributed by atoms with van der Waals surface area (Å²) in [5, 5.41) is 4.40. The molecule has 0 radical (unpaired) electrons. The monoisotopic (exact) mass is 437 g/mol. The molecule has 0 fully saturated rings. The fourth-order valence-electron chi connectivity index (χ4n) is 3.20. The average molecular weight is 438 g/mol. The highest BCUT2D eigenvalue weighted by Crippen LogP contribution is 2.34. The van der Waals surface area contributed by atoms with E-state index in [9.17, 15) is 4.79 Å². The van der Waals surface area contributed by atoms with Crippen molar-refractivity contribution in [3.05, 3.63) is 76.1 Å². The highest BCUT2D eigenvalue weighted by Gasteiger charge is 2.17. The molecule has 2 aromatic carbocycles. The van der Waals surface area contributed by atoms with Crippen molar-refractivity contribution in [2.24, 2.45) is 0 Å². The smallest absolute Gasteiger partial charge is 0.263 e. The summed E-state index contributed by atoms with van der Waals surface area (Å²) in [5.41, 5.74) is 9.52. The molecule has 4 aromatic rings. The number of nitrogens with one attached hydrogen (secondary N) is 1. The molecule has 0 atom stereocenters. The van der Waals surface area contributed by atoms with Crippen molar-refractivity contribution in [3.8, 4) is 17.0 Å². The Morgan fingerprint density at radius 1 is 1.17 bits per heavy atom. The highest BCUT2D eigenvalue weighted by molar-refractivity contribution is 7.21. The van der Waals surface area contributed by atoms with E-state index in [1.165, 1.54) is 11.3 Å². The molecule has 0 spiro atoms. The first-order valence-electron chi connectivity index (χ1n) is 9.41. The van der Waals surface area contributed by atoms with Crippen LogP contribution in [0.25, 0.3) is 21.5 Å². The largest absolute Gasteiger partial charge is 0.497 e. The van der Waals surface area contributed by atoms with Crippen LogP contribution in [0.15, 0.2) is 60.7 Å². The van der Waals surface area contributed by atoms with Gasteiger partial charge in [-0.05, 0) is 48.4 Å². The van der Waals surface area contributed by atoms with Crippen molar-refractivity contribution < 1.29 is 9.53 Å². The number of benzene rings is 2. The van der Waals surface area contributed by atoms with E-state index in [1.54, 1.807) is 7.11 Å². The molecule has 7 heteroatoms. The second kappa shape index (κ2) is 8.73. The standard InChI is InChI=1S/C23H20ClN3O2S/c1-29-17-7-3-5-15(13-17)19-9-8-18-20(25)21(30-23(18)27-19)22(28)26-11-10-14-4-2-6-16(24)12-14/h2-9,12-13H,10-11,25H2,1H3,(H,26,28). The summed E-state index contributed by atoms with van der Waals surface area (Å²) in [4.78, 5) is 18.6.